The molecule has 4 heteroatoms. The van der Waals surface area contributed by atoms with E-state index in [1.807, 2.05) is 7.05 Å². The number of carbonyl (C=O) groups is 1. The van der Waals surface area contributed by atoms with Crippen LogP contribution in [-0.2, 0) is 0 Å². The van der Waals surface area contributed by atoms with Crippen molar-refractivity contribution in [1.29, 1.82) is 0 Å². The number of nitrogens with one attached hydrogen (secondary N) is 2. The minimum absolute atomic E-state index is 0.147. The summed E-state index contributed by atoms with van der Waals surface area (Å²) in [7, 11) is 1.92. The zero-order valence-electron chi connectivity index (χ0n) is 7.34. The number of amides is 1. The van der Waals surface area contributed by atoms with Gasteiger partial charge in [-0.3, -0.25) is 0 Å². The van der Waals surface area contributed by atoms with Gasteiger partial charge in [0.15, 0.2) is 0 Å². The fraction of sp³-hybridized carbons (Fsp3) is 0.875. The lowest BCUT2D eigenvalue weighted by atomic mass is 9.91. The second-order valence-corrected chi connectivity index (χ2v) is 3.30. The Morgan fingerprint density at radius 3 is 2.67 bits per heavy atom. The van der Waals surface area contributed by atoms with Crippen LogP contribution in [0.5, 0.6) is 0 Å². The van der Waals surface area contributed by atoms with Crippen molar-refractivity contribution in [2.75, 3.05) is 7.05 Å². The van der Waals surface area contributed by atoms with Gasteiger partial charge in [0, 0.05) is 12.1 Å². The molecule has 0 radical (unpaired) electrons. The third-order valence-corrected chi connectivity index (χ3v) is 2.41. The van der Waals surface area contributed by atoms with Crippen LogP contribution < -0.4 is 10.6 Å². The first-order valence-corrected chi connectivity index (χ1v) is 4.39. The van der Waals surface area contributed by atoms with Crippen molar-refractivity contribution in [2.45, 2.75) is 37.8 Å². The number of hydrogen-bond donors (Lipinski definition) is 3. The summed E-state index contributed by atoms with van der Waals surface area (Å²) in [4.78, 5) is 10.3. The van der Waals surface area contributed by atoms with Crippen LogP contribution in [0.25, 0.3) is 0 Å². The molecule has 1 rings (SSSR count). The lowest BCUT2D eigenvalue weighted by Crippen LogP contribution is -2.42. The van der Waals surface area contributed by atoms with Gasteiger partial charge in [0.25, 0.3) is 0 Å². The molecule has 0 aliphatic heterocycles. The van der Waals surface area contributed by atoms with Crippen molar-refractivity contribution in [2.24, 2.45) is 0 Å². The van der Waals surface area contributed by atoms with E-state index in [1.165, 1.54) is 0 Å². The van der Waals surface area contributed by atoms with Gasteiger partial charge in [-0.15, -0.1) is 0 Å². The van der Waals surface area contributed by atoms with Crippen LogP contribution in [0.3, 0.4) is 0 Å². The number of hydrogen-bond acceptors (Lipinski definition) is 2. The summed E-state index contributed by atoms with van der Waals surface area (Å²) in [6.45, 7) is 0. The molecule has 1 aliphatic carbocycles. The second kappa shape index (κ2) is 4.30. The molecule has 4 nitrogen and oxygen atoms in total. The molecule has 0 aromatic rings. The van der Waals surface area contributed by atoms with Crippen molar-refractivity contribution >= 4 is 6.09 Å². The highest BCUT2D eigenvalue weighted by atomic mass is 16.4. The first-order chi connectivity index (χ1) is 5.72. The Labute approximate surface area is 72.3 Å². The topological polar surface area (TPSA) is 61.4 Å². The summed E-state index contributed by atoms with van der Waals surface area (Å²) in [6.07, 6.45) is 3.26. The normalized spacial score (nSPS) is 29.8. The monoisotopic (exact) mass is 172 g/mol. The smallest absolute Gasteiger partial charge is 0.404 e. The molecule has 0 heterocycles. The maximum Gasteiger partial charge on any atom is 0.404 e. The van der Waals surface area contributed by atoms with E-state index >= 15 is 0 Å². The van der Waals surface area contributed by atoms with Crippen LogP contribution in [0, 0.1) is 0 Å². The standard InChI is InChI=1S/C8H16N2O2/c1-9-6-3-2-4-7(5-6)10-8(11)12/h6-7,9-10H,2-5H2,1H3,(H,11,12). The molecule has 0 spiro atoms. The molecule has 3 N–H and O–H groups in total. The average Bonchev–Trinajstić information content (AvgIpc) is 2.03. The lowest BCUT2D eigenvalue weighted by Gasteiger charge is -2.28. The van der Waals surface area contributed by atoms with E-state index in [1.54, 1.807) is 0 Å². The van der Waals surface area contributed by atoms with Gasteiger partial charge in [-0.1, -0.05) is 0 Å². The molecule has 12 heavy (non-hydrogen) atoms. The third kappa shape index (κ3) is 2.70. The molecule has 1 amide bonds. The minimum Gasteiger partial charge on any atom is -0.465 e. The Morgan fingerprint density at radius 2 is 2.08 bits per heavy atom. The summed E-state index contributed by atoms with van der Waals surface area (Å²) >= 11 is 0. The van der Waals surface area contributed by atoms with Crippen molar-refractivity contribution in [3.8, 4) is 0 Å². The first-order valence-electron chi connectivity index (χ1n) is 4.39. The highest BCUT2D eigenvalue weighted by Crippen LogP contribution is 2.17. The molecule has 0 aromatic carbocycles. The van der Waals surface area contributed by atoms with Gasteiger partial charge in [-0.05, 0) is 32.7 Å². The minimum atomic E-state index is -0.906. The number of carboxylic acid groups (broad SMARTS) is 1. The van der Waals surface area contributed by atoms with E-state index in [4.69, 9.17) is 5.11 Å². The second-order valence-electron chi connectivity index (χ2n) is 3.30. The summed E-state index contributed by atoms with van der Waals surface area (Å²) in [5.74, 6) is 0. The summed E-state index contributed by atoms with van der Waals surface area (Å²) in [6, 6.07) is 0.629. The quantitative estimate of drug-likeness (QED) is 0.577. The summed E-state index contributed by atoms with van der Waals surface area (Å²) in [5.41, 5.74) is 0. The fourth-order valence-corrected chi connectivity index (χ4v) is 1.76. The van der Waals surface area contributed by atoms with Crippen LogP contribution in [-0.4, -0.2) is 30.3 Å². The van der Waals surface area contributed by atoms with Crippen molar-refractivity contribution in [3.05, 3.63) is 0 Å². The van der Waals surface area contributed by atoms with Crippen molar-refractivity contribution in [3.63, 3.8) is 0 Å². The van der Waals surface area contributed by atoms with E-state index in [0.29, 0.717) is 6.04 Å². The van der Waals surface area contributed by atoms with Gasteiger partial charge in [0.05, 0.1) is 0 Å². The number of rotatable bonds is 2. The van der Waals surface area contributed by atoms with Crippen LogP contribution in [0.2, 0.25) is 0 Å². The van der Waals surface area contributed by atoms with E-state index in [0.717, 1.165) is 25.7 Å². The molecule has 70 valence electrons. The highest BCUT2D eigenvalue weighted by molar-refractivity contribution is 5.64. The molecule has 0 bridgehead atoms. The maximum atomic E-state index is 10.3. The predicted octanol–water partition coefficient (Wildman–Crippen LogP) is 0.785. The van der Waals surface area contributed by atoms with Gasteiger partial charge in [0.1, 0.15) is 0 Å². The molecule has 0 aromatic heterocycles. The SMILES string of the molecule is CNC1CCCC(NC(=O)O)C1. The molecular formula is C8H16N2O2. The Hall–Kier alpha value is -0.770. The molecular weight excluding hydrogens is 156 g/mol. The van der Waals surface area contributed by atoms with Crippen LogP contribution in [0.1, 0.15) is 25.7 Å². The van der Waals surface area contributed by atoms with E-state index in [-0.39, 0.29) is 6.04 Å². The Morgan fingerprint density at radius 1 is 1.42 bits per heavy atom. The first kappa shape index (κ1) is 9.32. The zero-order valence-corrected chi connectivity index (χ0v) is 7.34. The Kier molecular flexibility index (Phi) is 3.34. The van der Waals surface area contributed by atoms with Gasteiger partial charge >= 0.3 is 6.09 Å². The molecule has 2 unspecified atom stereocenters. The van der Waals surface area contributed by atoms with Gasteiger partial charge in [-0.2, -0.15) is 0 Å². The average molecular weight is 172 g/mol. The Balaban J connectivity index is 2.30. The molecule has 2 atom stereocenters. The van der Waals surface area contributed by atoms with Crippen LogP contribution in [0.4, 0.5) is 4.79 Å². The van der Waals surface area contributed by atoms with E-state index in [9.17, 15) is 4.79 Å². The van der Waals surface area contributed by atoms with Crippen LogP contribution in [0.15, 0.2) is 0 Å². The Bertz CT molecular complexity index is 161. The van der Waals surface area contributed by atoms with Crippen molar-refractivity contribution in [1.82, 2.24) is 10.6 Å². The third-order valence-electron chi connectivity index (χ3n) is 2.41. The van der Waals surface area contributed by atoms with Crippen LogP contribution >= 0.6 is 0 Å². The van der Waals surface area contributed by atoms with Crippen molar-refractivity contribution < 1.29 is 9.90 Å². The molecule has 1 aliphatic rings. The predicted molar refractivity (Wildman–Crippen MR) is 46.3 cm³/mol. The molecule has 0 saturated heterocycles. The van der Waals surface area contributed by atoms with E-state index < -0.39 is 6.09 Å². The van der Waals surface area contributed by atoms with Gasteiger partial charge in [0.2, 0.25) is 0 Å². The summed E-state index contributed by atoms with van der Waals surface area (Å²) < 4.78 is 0. The highest BCUT2D eigenvalue weighted by Gasteiger charge is 2.21. The zero-order chi connectivity index (χ0) is 8.97. The van der Waals surface area contributed by atoms with Gasteiger partial charge < -0.3 is 15.7 Å². The lowest BCUT2D eigenvalue weighted by molar-refractivity contribution is 0.183. The fourth-order valence-electron chi connectivity index (χ4n) is 1.76. The molecule has 1 fully saturated rings. The molecule has 1 saturated carbocycles. The van der Waals surface area contributed by atoms with E-state index in [2.05, 4.69) is 10.6 Å². The van der Waals surface area contributed by atoms with Gasteiger partial charge in [-0.25, -0.2) is 4.79 Å². The largest absolute Gasteiger partial charge is 0.465 e. The maximum absolute atomic E-state index is 10.3. The summed E-state index contributed by atoms with van der Waals surface area (Å²) in [5, 5.41) is 14.2.